The van der Waals surface area contributed by atoms with Crippen molar-refractivity contribution in [3.63, 3.8) is 0 Å². The second-order valence-electron chi connectivity index (χ2n) is 27.7. The van der Waals surface area contributed by atoms with Gasteiger partial charge in [-0.1, -0.05) is 15.5 Å². The molecule has 14 rings (SSSR count). The van der Waals surface area contributed by atoms with Crippen LogP contribution >= 0.6 is 47.5 Å². The van der Waals surface area contributed by atoms with E-state index in [2.05, 4.69) is 145 Å². The lowest BCUT2D eigenvalue weighted by Crippen LogP contribution is -2.33. The number of benzene rings is 3. The molecule has 3 aliphatic carbocycles. The fourth-order valence-corrected chi connectivity index (χ4v) is 14.5. The van der Waals surface area contributed by atoms with E-state index in [9.17, 15) is 0 Å². The van der Waals surface area contributed by atoms with Crippen LogP contribution in [0.2, 0.25) is 0 Å². The lowest BCUT2D eigenvalue weighted by atomic mass is 9.91. The number of nitrogens with one attached hydrogen (secondary N) is 1. The lowest BCUT2D eigenvalue weighted by molar-refractivity contribution is 0.172. The largest absolute Gasteiger partial charge is 0.493 e. The number of hydrogen-bond acceptors (Lipinski definition) is 19. The molecule has 6 fully saturated rings. The Morgan fingerprint density at radius 3 is 1.07 bits per heavy atom. The molecule has 1 N–H and O–H groups in total. The molecule has 0 atom stereocenters. The van der Waals surface area contributed by atoms with Gasteiger partial charge in [0.25, 0.3) is 0 Å². The highest BCUT2D eigenvalue weighted by Gasteiger charge is 2.29. The Labute approximate surface area is 565 Å². The van der Waals surface area contributed by atoms with Crippen LogP contribution in [0.1, 0.15) is 140 Å². The summed E-state index contributed by atoms with van der Waals surface area (Å²) in [5.74, 6) is 7.40. The highest BCUT2D eigenvalue weighted by atomic mass is 35.5. The van der Waals surface area contributed by atoms with E-state index < -0.39 is 0 Å². The number of hydrogen-bond donors (Lipinski definition) is 1. The van der Waals surface area contributed by atoms with E-state index >= 15 is 0 Å². The summed E-state index contributed by atoms with van der Waals surface area (Å²) in [4.78, 5) is 20.4. The van der Waals surface area contributed by atoms with Crippen molar-refractivity contribution in [2.45, 2.75) is 148 Å². The van der Waals surface area contributed by atoms with Crippen LogP contribution in [0, 0.1) is 35.5 Å². The van der Waals surface area contributed by atoms with Crippen LogP contribution in [0.3, 0.4) is 0 Å². The molecule has 8 aromatic rings. The van der Waals surface area contributed by atoms with Crippen LogP contribution in [-0.4, -0.2) is 151 Å². The minimum absolute atomic E-state index is 0. The number of rotatable bonds is 28. The molecule has 0 bridgehead atoms. The van der Waals surface area contributed by atoms with Crippen molar-refractivity contribution in [3.05, 3.63) is 103 Å². The smallest absolute Gasteiger partial charge is 0.175 e. The average Bonchev–Trinajstić information content (AvgIpc) is 1.68. The Hall–Kier alpha value is -4.93. The van der Waals surface area contributed by atoms with E-state index in [1.54, 1.807) is 22.7 Å². The quantitative estimate of drug-likeness (QED) is 0.0493. The highest BCUT2D eigenvalue weighted by molar-refractivity contribution is 7.09. The van der Waals surface area contributed by atoms with Gasteiger partial charge in [0.1, 0.15) is 27.3 Å². The monoisotopic (exact) mass is 1340 g/mol. The first-order chi connectivity index (χ1) is 44.0. The van der Waals surface area contributed by atoms with Gasteiger partial charge >= 0.3 is 0 Å². The van der Waals surface area contributed by atoms with Gasteiger partial charge in [-0.2, -0.15) is 0 Å². The van der Waals surface area contributed by atoms with Crippen molar-refractivity contribution in [1.29, 1.82) is 0 Å². The van der Waals surface area contributed by atoms with Gasteiger partial charge in [0.15, 0.2) is 16.7 Å². The van der Waals surface area contributed by atoms with E-state index in [4.69, 9.17) is 27.8 Å². The third kappa shape index (κ3) is 19.8. The Balaban J connectivity index is 0.000000151. The number of fused-ring (bicyclic) bond motifs is 3. The fraction of sp³-hybridized carbons (Fsp3) is 0.620. The molecule has 0 radical (unpaired) electrons. The Morgan fingerprint density at radius 1 is 0.446 bits per heavy atom. The van der Waals surface area contributed by atoms with Gasteiger partial charge in [-0.15, -0.1) is 47.5 Å². The number of halogens is 2. The molecule has 8 heterocycles. The van der Waals surface area contributed by atoms with E-state index in [0.717, 1.165) is 204 Å². The molecular weight excluding hydrogens is 1240 g/mol. The van der Waals surface area contributed by atoms with Crippen LogP contribution in [-0.2, 0) is 52.0 Å². The minimum atomic E-state index is 0. The van der Waals surface area contributed by atoms with E-state index in [1.165, 1.54) is 133 Å². The number of aryl methyl sites for hydroxylation is 3. The predicted octanol–water partition coefficient (Wildman–Crippen LogP) is 14.4. The number of thiazole rings is 2. The molecule has 17 nitrogen and oxygen atoms in total. The topological polar surface area (TPSA) is 160 Å². The first-order valence-electron chi connectivity index (χ1n) is 34.0. The molecule has 6 aliphatic rings. The van der Waals surface area contributed by atoms with E-state index in [0.29, 0.717) is 0 Å². The Bertz CT molecular complexity index is 3310. The minimum Gasteiger partial charge on any atom is -0.493 e. The van der Waals surface area contributed by atoms with Gasteiger partial charge in [-0.25, -0.2) is 9.97 Å². The zero-order valence-electron chi connectivity index (χ0n) is 55.4. The van der Waals surface area contributed by atoms with Crippen molar-refractivity contribution >= 4 is 80.4 Å². The number of aromatic nitrogens is 5. The van der Waals surface area contributed by atoms with Crippen molar-refractivity contribution in [2.75, 3.05) is 101 Å². The first-order valence-corrected chi connectivity index (χ1v) is 35.7. The molecule has 0 spiro atoms. The van der Waals surface area contributed by atoms with Gasteiger partial charge in [0.05, 0.1) is 66.7 Å². The van der Waals surface area contributed by atoms with Gasteiger partial charge in [0, 0.05) is 58.9 Å². The standard InChI is InChI=1S/2C25H34N4O2S.C21H31N3O2.2ClH/c2*1-28(2)15-21-23(30-17-19-3-4-19)8-6-20-22(27-31-25(20)21)7-5-18-9-12-29(13-10-18)16-24-26-11-14-32-24;1-24(2)13-18-20(25-14-16-3-4-16)8-6-17-19(23-26-21(17)18)7-5-15-9-11-22-12-10-15;;/h2*6,8,11,14,18-19H,3-5,7,9-10,12-13,15-17H2,1-2H3;6,8,15-16,22H,3-5,7,9-14H2,1-2H3;2*1H. The maximum Gasteiger partial charge on any atom is 0.175 e. The van der Waals surface area contributed by atoms with Gasteiger partial charge < -0.3 is 47.8 Å². The maximum absolute atomic E-state index is 6.16. The summed E-state index contributed by atoms with van der Waals surface area (Å²) >= 11 is 3.51. The summed E-state index contributed by atoms with van der Waals surface area (Å²) in [6.45, 7) is 13.8. The number of piperidine rings is 3. The molecule has 3 saturated heterocycles. The Kier molecular flexibility index (Phi) is 25.9. The highest BCUT2D eigenvalue weighted by Crippen LogP contribution is 2.39. The molecule has 502 valence electrons. The molecule has 0 amide bonds. The van der Waals surface area contributed by atoms with E-state index in [1.807, 2.05) is 12.4 Å². The van der Waals surface area contributed by atoms with Gasteiger partial charge in [-0.3, -0.25) is 9.80 Å². The second-order valence-corrected chi connectivity index (χ2v) is 29.7. The summed E-state index contributed by atoms with van der Waals surface area (Å²) in [7, 11) is 12.5. The maximum atomic E-state index is 6.16. The van der Waals surface area contributed by atoms with Crippen molar-refractivity contribution in [1.82, 2.24) is 55.3 Å². The van der Waals surface area contributed by atoms with Crippen LogP contribution < -0.4 is 19.5 Å². The zero-order valence-corrected chi connectivity index (χ0v) is 58.7. The van der Waals surface area contributed by atoms with Gasteiger partial charge in [-0.05, 0) is 269 Å². The molecule has 3 aliphatic heterocycles. The molecule has 21 heteroatoms. The molecule has 0 unspecified atom stereocenters. The second kappa shape index (κ2) is 34.1. The van der Waals surface area contributed by atoms with Crippen molar-refractivity contribution in [2.24, 2.45) is 35.5 Å². The van der Waals surface area contributed by atoms with E-state index in [-0.39, 0.29) is 24.8 Å². The van der Waals surface area contributed by atoms with Crippen LogP contribution in [0.5, 0.6) is 17.2 Å². The summed E-state index contributed by atoms with van der Waals surface area (Å²) < 4.78 is 36.0. The molecule has 5 aromatic heterocycles. The molecule has 92 heavy (non-hydrogen) atoms. The molecule has 3 aromatic carbocycles. The first kappa shape index (κ1) is 69.9. The number of ether oxygens (including phenoxy) is 3. The predicted molar refractivity (Wildman–Crippen MR) is 374 cm³/mol. The van der Waals surface area contributed by atoms with Crippen LogP contribution in [0.25, 0.3) is 32.9 Å². The average molecular weight is 1340 g/mol. The molecule has 3 saturated carbocycles. The van der Waals surface area contributed by atoms with Crippen LogP contribution in [0.15, 0.2) is 73.1 Å². The fourth-order valence-electron chi connectivity index (χ4n) is 13.2. The zero-order chi connectivity index (χ0) is 61.8. The Morgan fingerprint density at radius 2 is 0.772 bits per heavy atom. The third-order valence-corrected chi connectivity index (χ3v) is 20.7. The SMILES string of the molecule is CN(C)Cc1c(OCC2CC2)ccc2c(CCC3CCN(Cc4nccs4)CC3)noc12.CN(C)Cc1c(OCC2CC2)ccc2c(CCC3CCN(Cc4nccs4)CC3)noc12.CN(C)Cc1c(OCC2CC2)ccc2c(CCC3CCNCC3)noc12.Cl.Cl. The summed E-state index contributed by atoms with van der Waals surface area (Å²) in [5.41, 5.74) is 9.40. The van der Waals surface area contributed by atoms with Gasteiger partial charge in [0.2, 0.25) is 0 Å². The number of likely N-dealkylation sites (tertiary alicyclic amines) is 2. The number of nitrogens with zero attached hydrogens (tertiary/aromatic N) is 10. The summed E-state index contributed by atoms with van der Waals surface area (Å²) in [5, 5.41) is 26.9. The van der Waals surface area contributed by atoms with Crippen molar-refractivity contribution < 1.29 is 27.8 Å². The molecular formula is C71H101Cl2N11O6S2. The third-order valence-electron chi connectivity index (χ3n) is 19.2. The lowest BCUT2D eigenvalue weighted by Gasteiger charge is -2.31. The van der Waals surface area contributed by atoms with Crippen molar-refractivity contribution in [3.8, 4) is 17.2 Å². The summed E-state index contributed by atoms with van der Waals surface area (Å²) in [6.07, 6.45) is 25.7. The normalized spacial score (nSPS) is 17.9. The summed E-state index contributed by atoms with van der Waals surface area (Å²) in [6, 6.07) is 12.8. The van der Waals surface area contributed by atoms with Crippen LogP contribution in [0.4, 0.5) is 0 Å².